The molecule has 0 aromatic heterocycles. The fourth-order valence-electron chi connectivity index (χ4n) is 2.26. The molecule has 0 N–H and O–H groups in total. The second kappa shape index (κ2) is 10.8. The van der Waals surface area contributed by atoms with Crippen LogP contribution < -0.4 is 0 Å². The van der Waals surface area contributed by atoms with Crippen molar-refractivity contribution < 1.29 is 23.5 Å². The largest absolute Gasteiger partial charge is 0.462 e. The molecule has 0 saturated heterocycles. The van der Waals surface area contributed by atoms with Crippen LogP contribution in [0.4, 0.5) is 4.39 Å². The zero-order valence-corrected chi connectivity index (χ0v) is 14.7. The molecule has 134 valence electrons. The number of rotatable bonds is 10. The fourth-order valence-corrected chi connectivity index (χ4v) is 2.26. The van der Waals surface area contributed by atoms with Crippen LogP contribution in [-0.4, -0.2) is 18.0 Å². The highest BCUT2D eigenvalue weighted by atomic mass is 19.1. The van der Waals surface area contributed by atoms with E-state index in [4.69, 9.17) is 9.47 Å². The summed E-state index contributed by atoms with van der Waals surface area (Å²) in [5.74, 6) is -0.853. The third-order valence-electron chi connectivity index (χ3n) is 3.71. The van der Waals surface area contributed by atoms with Crippen LogP contribution in [0.3, 0.4) is 0 Å². The van der Waals surface area contributed by atoms with E-state index in [9.17, 15) is 14.0 Å². The van der Waals surface area contributed by atoms with E-state index in [1.807, 2.05) is 13.8 Å². The zero-order chi connectivity index (χ0) is 17.9. The maximum absolute atomic E-state index is 13.4. The van der Waals surface area contributed by atoms with Crippen molar-refractivity contribution in [2.24, 2.45) is 5.92 Å². The lowest BCUT2D eigenvalue weighted by Gasteiger charge is -2.20. The van der Waals surface area contributed by atoms with Gasteiger partial charge in [0.1, 0.15) is 18.5 Å². The molecular weight excluding hydrogens is 311 g/mol. The van der Waals surface area contributed by atoms with Gasteiger partial charge in [-0.05, 0) is 24.8 Å². The first-order chi connectivity index (χ1) is 11.4. The number of ether oxygens (including phenoxy) is 2. The van der Waals surface area contributed by atoms with Crippen molar-refractivity contribution in [1.82, 2.24) is 0 Å². The number of hydrogen-bond donors (Lipinski definition) is 0. The van der Waals surface area contributed by atoms with Gasteiger partial charge in [0.05, 0.1) is 0 Å². The SMILES string of the molecule is CCCC(OC(=O)CCCC(=O)OCc1ccccc1F)C(C)C. The van der Waals surface area contributed by atoms with Crippen LogP contribution in [0, 0.1) is 11.7 Å². The molecule has 0 aliphatic heterocycles. The highest BCUT2D eigenvalue weighted by Gasteiger charge is 2.17. The molecule has 4 nitrogen and oxygen atoms in total. The molecule has 5 heteroatoms. The van der Waals surface area contributed by atoms with Crippen molar-refractivity contribution in [1.29, 1.82) is 0 Å². The first-order valence-corrected chi connectivity index (χ1v) is 8.52. The number of benzene rings is 1. The summed E-state index contributed by atoms with van der Waals surface area (Å²) in [4.78, 5) is 23.5. The number of halogens is 1. The van der Waals surface area contributed by atoms with E-state index in [0.29, 0.717) is 12.0 Å². The summed E-state index contributed by atoms with van der Waals surface area (Å²) < 4.78 is 23.9. The normalized spacial score (nSPS) is 12.0. The molecule has 0 radical (unpaired) electrons. The molecule has 0 saturated carbocycles. The molecule has 0 bridgehead atoms. The minimum atomic E-state index is -0.444. The Morgan fingerprint density at radius 1 is 1.12 bits per heavy atom. The Morgan fingerprint density at radius 3 is 2.42 bits per heavy atom. The lowest BCUT2D eigenvalue weighted by Crippen LogP contribution is -2.23. The van der Waals surface area contributed by atoms with Gasteiger partial charge in [-0.25, -0.2) is 4.39 Å². The van der Waals surface area contributed by atoms with Crippen molar-refractivity contribution in [3.63, 3.8) is 0 Å². The van der Waals surface area contributed by atoms with Gasteiger partial charge >= 0.3 is 11.9 Å². The third-order valence-corrected chi connectivity index (χ3v) is 3.71. The average Bonchev–Trinajstić information content (AvgIpc) is 2.53. The van der Waals surface area contributed by atoms with Crippen molar-refractivity contribution in [3.05, 3.63) is 35.6 Å². The molecule has 1 unspecified atom stereocenters. The van der Waals surface area contributed by atoms with Crippen molar-refractivity contribution >= 4 is 11.9 Å². The maximum Gasteiger partial charge on any atom is 0.306 e. The standard InChI is InChI=1S/C19H27FO4/c1-4-8-17(14(2)3)24-19(22)12-7-11-18(21)23-13-15-9-5-6-10-16(15)20/h5-6,9-10,14,17H,4,7-8,11-13H2,1-3H3. The molecule has 0 heterocycles. The molecule has 0 spiro atoms. The average molecular weight is 338 g/mol. The molecule has 1 atom stereocenters. The monoisotopic (exact) mass is 338 g/mol. The first-order valence-electron chi connectivity index (χ1n) is 8.52. The van der Waals surface area contributed by atoms with Gasteiger partial charge in [-0.15, -0.1) is 0 Å². The third kappa shape index (κ3) is 7.57. The van der Waals surface area contributed by atoms with Crippen molar-refractivity contribution in [2.45, 2.75) is 65.6 Å². The van der Waals surface area contributed by atoms with Crippen LogP contribution >= 0.6 is 0 Å². The van der Waals surface area contributed by atoms with E-state index >= 15 is 0 Å². The Morgan fingerprint density at radius 2 is 1.79 bits per heavy atom. The van der Waals surface area contributed by atoms with Crippen LogP contribution in [0.15, 0.2) is 24.3 Å². The van der Waals surface area contributed by atoms with E-state index in [0.717, 1.165) is 12.8 Å². The Bertz CT molecular complexity index is 528. The summed E-state index contributed by atoms with van der Waals surface area (Å²) in [6.45, 7) is 6.00. The fraction of sp³-hybridized carbons (Fsp3) is 0.579. The second-order valence-corrected chi connectivity index (χ2v) is 6.17. The van der Waals surface area contributed by atoms with E-state index < -0.39 is 11.8 Å². The Kier molecular flexibility index (Phi) is 9.05. The van der Waals surface area contributed by atoms with E-state index in [-0.39, 0.29) is 37.4 Å². The molecule has 24 heavy (non-hydrogen) atoms. The molecule has 1 aromatic carbocycles. The van der Waals surface area contributed by atoms with Gasteiger partial charge in [-0.3, -0.25) is 9.59 Å². The quantitative estimate of drug-likeness (QED) is 0.593. The Balaban J connectivity index is 2.25. The minimum absolute atomic E-state index is 0.0736. The van der Waals surface area contributed by atoms with Crippen LogP contribution in [0.2, 0.25) is 0 Å². The van der Waals surface area contributed by atoms with Crippen LogP contribution in [0.1, 0.15) is 58.4 Å². The van der Waals surface area contributed by atoms with Crippen molar-refractivity contribution in [3.8, 4) is 0 Å². The van der Waals surface area contributed by atoms with Gasteiger partial charge in [0, 0.05) is 18.4 Å². The molecule has 1 rings (SSSR count). The number of esters is 2. The van der Waals surface area contributed by atoms with Gasteiger partial charge in [-0.2, -0.15) is 0 Å². The van der Waals surface area contributed by atoms with Crippen LogP contribution in [0.25, 0.3) is 0 Å². The summed E-state index contributed by atoms with van der Waals surface area (Å²) in [6.07, 6.45) is 2.39. The van der Waals surface area contributed by atoms with E-state index in [1.165, 1.54) is 6.07 Å². The van der Waals surface area contributed by atoms with Gasteiger partial charge < -0.3 is 9.47 Å². The maximum atomic E-state index is 13.4. The van der Waals surface area contributed by atoms with E-state index in [2.05, 4.69) is 6.92 Å². The predicted molar refractivity (Wildman–Crippen MR) is 89.7 cm³/mol. The lowest BCUT2D eigenvalue weighted by molar-refractivity contribution is -0.152. The summed E-state index contributed by atoms with van der Waals surface area (Å²) in [6, 6.07) is 6.15. The minimum Gasteiger partial charge on any atom is -0.462 e. The lowest BCUT2D eigenvalue weighted by atomic mass is 10.0. The van der Waals surface area contributed by atoms with Crippen molar-refractivity contribution in [2.75, 3.05) is 0 Å². The smallest absolute Gasteiger partial charge is 0.306 e. The molecule has 1 aromatic rings. The highest BCUT2D eigenvalue weighted by molar-refractivity contribution is 5.72. The highest BCUT2D eigenvalue weighted by Crippen LogP contribution is 2.15. The number of carbonyl (C=O) groups excluding carboxylic acids is 2. The van der Waals surface area contributed by atoms with Gasteiger partial charge in [0.15, 0.2) is 0 Å². The molecule has 0 aliphatic rings. The van der Waals surface area contributed by atoms with Gasteiger partial charge in [0.2, 0.25) is 0 Å². The Labute approximate surface area is 143 Å². The summed E-state index contributed by atoms with van der Waals surface area (Å²) in [5, 5.41) is 0. The molecular formula is C19H27FO4. The Hall–Kier alpha value is -1.91. The first kappa shape index (κ1) is 20.1. The summed E-state index contributed by atoms with van der Waals surface area (Å²) >= 11 is 0. The van der Waals surface area contributed by atoms with E-state index in [1.54, 1.807) is 18.2 Å². The summed E-state index contributed by atoms with van der Waals surface area (Å²) in [5.41, 5.74) is 0.338. The number of hydrogen-bond acceptors (Lipinski definition) is 4. The van der Waals surface area contributed by atoms with Crippen LogP contribution in [0.5, 0.6) is 0 Å². The number of carbonyl (C=O) groups is 2. The van der Waals surface area contributed by atoms with Gasteiger partial charge in [0.25, 0.3) is 0 Å². The van der Waals surface area contributed by atoms with Crippen LogP contribution in [-0.2, 0) is 25.7 Å². The second-order valence-electron chi connectivity index (χ2n) is 6.17. The van der Waals surface area contributed by atoms with Gasteiger partial charge in [-0.1, -0.05) is 45.4 Å². The molecule has 0 aliphatic carbocycles. The molecule has 0 fully saturated rings. The summed E-state index contributed by atoms with van der Waals surface area (Å²) in [7, 11) is 0. The molecule has 0 amide bonds. The zero-order valence-electron chi connectivity index (χ0n) is 14.7. The topological polar surface area (TPSA) is 52.6 Å². The predicted octanol–water partition coefficient (Wildman–Crippen LogP) is 4.41.